The fourth-order valence-electron chi connectivity index (χ4n) is 2.23. The number of nitrogens with zero attached hydrogens (tertiary/aromatic N) is 2. The summed E-state index contributed by atoms with van der Waals surface area (Å²) in [7, 11) is 1.85. The molecule has 1 aliphatic rings. The minimum Gasteiger partial charge on any atom is -0.373 e. The molecule has 1 atom stereocenters. The van der Waals surface area contributed by atoms with Gasteiger partial charge in [0.15, 0.2) is 0 Å². The summed E-state index contributed by atoms with van der Waals surface area (Å²) in [5.74, 6) is 0.993. The van der Waals surface area contributed by atoms with Crippen LogP contribution in [-0.2, 0) is 4.79 Å². The molecule has 2 rings (SSSR count). The summed E-state index contributed by atoms with van der Waals surface area (Å²) in [6, 6.07) is 6.06. The highest BCUT2D eigenvalue weighted by Crippen LogP contribution is 2.31. The molecule has 2 heterocycles. The van der Waals surface area contributed by atoms with Crippen molar-refractivity contribution in [3.8, 4) is 0 Å². The summed E-state index contributed by atoms with van der Waals surface area (Å²) in [4.78, 5) is 17.9. The smallest absolute Gasteiger partial charge is 0.220 e. The Morgan fingerprint density at radius 1 is 1.56 bits per heavy atom. The van der Waals surface area contributed by atoms with E-state index in [0.29, 0.717) is 0 Å². The number of hydrogen-bond acceptors (Lipinski definition) is 3. The van der Waals surface area contributed by atoms with Gasteiger partial charge in [-0.15, -0.1) is 0 Å². The highest BCUT2D eigenvalue weighted by atomic mass is 16.2. The van der Waals surface area contributed by atoms with E-state index in [0.717, 1.165) is 30.9 Å². The largest absolute Gasteiger partial charge is 0.373 e. The van der Waals surface area contributed by atoms with E-state index in [2.05, 4.69) is 10.3 Å². The zero-order valence-electron chi connectivity index (χ0n) is 9.73. The first-order valence-corrected chi connectivity index (χ1v) is 5.64. The highest BCUT2D eigenvalue weighted by Gasteiger charge is 2.28. The Hall–Kier alpha value is -1.58. The summed E-state index contributed by atoms with van der Waals surface area (Å²) in [6.45, 7) is 2.48. The van der Waals surface area contributed by atoms with Gasteiger partial charge in [-0.3, -0.25) is 4.79 Å². The molecule has 16 heavy (non-hydrogen) atoms. The number of pyridine rings is 1. The Labute approximate surface area is 95.7 Å². The molecule has 1 aromatic heterocycles. The molecule has 1 N–H and O–H groups in total. The van der Waals surface area contributed by atoms with E-state index in [1.807, 2.05) is 30.1 Å². The lowest BCUT2D eigenvalue weighted by molar-refractivity contribution is -0.129. The van der Waals surface area contributed by atoms with Gasteiger partial charge < -0.3 is 10.2 Å². The Balaban J connectivity index is 2.25. The van der Waals surface area contributed by atoms with Crippen molar-refractivity contribution in [2.24, 2.45) is 0 Å². The Bertz CT molecular complexity index is 392. The van der Waals surface area contributed by atoms with Gasteiger partial charge in [-0.1, -0.05) is 6.07 Å². The molecule has 4 nitrogen and oxygen atoms in total. The predicted molar refractivity (Wildman–Crippen MR) is 63.1 cm³/mol. The molecule has 1 fully saturated rings. The van der Waals surface area contributed by atoms with Crippen LogP contribution in [-0.4, -0.2) is 29.4 Å². The molecule has 4 heteroatoms. The Morgan fingerprint density at radius 3 is 3.06 bits per heavy atom. The number of hydrogen-bond donors (Lipinski definition) is 1. The maximum Gasteiger partial charge on any atom is 0.220 e. The predicted octanol–water partition coefficient (Wildman–Crippen LogP) is 1.81. The van der Waals surface area contributed by atoms with Gasteiger partial charge in [0.05, 0.1) is 11.7 Å². The molecule has 0 unspecified atom stereocenters. The third-order valence-corrected chi connectivity index (χ3v) is 3.03. The summed E-state index contributed by atoms with van der Waals surface area (Å²) >= 11 is 0. The molecule has 0 spiro atoms. The zero-order chi connectivity index (χ0) is 11.5. The van der Waals surface area contributed by atoms with Crippen molar-refractivity contribution in [1.29, 1.82) is 0 Å². The van der Waals surface area contributed by atoms with Crippen LogP contribution in [0.15, 0.2) is 18.2 Å². The van der Waals surface area contributed by atoms with Gasteiger partial charge in [0, 0.05) is 20.5 Å². The maximum absolute atomic E-state index is 11.5. The zero-order valence-corrected chi connectivity index (χ0v) is 9.73. The molecule has 1 amide bonds. The fourth-order valence-corrected chi connectivity index (χ4v) is 2.23. The molecule has 1 saturated heterocycles. The van der Waals surface area contributed by atoms with Crippen molar-refractivity contribution < 1.29 is 4.79 Å². The number of carbonyl (C=O) groups excluding carboxylic acids is 1. The molecule has 0 radical (unpaired) electrons. The van der Waals surface area contributed by atoms with Crippen LogP contribution in [0.5, 0.6) is 0 Å². The van der Waals surface area contributed by atoms with Gasteiger partial charge >= 0.3 is 0 Å². The molecule has 1 aliphatic heterocycles. The molecular weight excluding hydrogens is 202 g/mol. The van der Waals surface area contributed by atoms with Crippen molar-refractivity contribution >= 4 is 11.7 Å². The van der Waals surface area contributed by atoms with Gasteiger partial charge in [0.2, 0.25) is 5.91 Å². The standard InChI is InChI=1S/C12H17N3O/c1-9(16)15-8-4-6-11(15)10-5-3-7-12(13-2)14-10/h3,5,7,11H,4,6,8H2,1-2H3,(H,13,14)/t11-/m1/s1. The van der Waals surface area contributed by atoms with Gasteiger partial charge in [0.25, 0.3) is 0 Å². The van der Waals surface area contributed by atoms with Crippen LogP contribution in [0, 0.1) is 0 Å². The molecule has 0 saturated carbocycles. The minimum atomic E-state index is 0.138. The normalized spacial score (nSPS) is 19.9. The first-order valence-electron chi connectivity index (χ1n) is 5.64. The number of rotatable bonds is 2. The molecular formula is C12H17N3O. The van der Waals surface area contributed by atoms with E-state index < -0.39 is 0 Å². The lowest BCUT2D eigenvalue weighted by Crippen LogP contribution is -2.28. The van der Waals surface area contributed by atoms with Crippen LogP contribution >= 0.6 is 0 Å². The summed E-state index contributed by atoms with van der Waals surface area (Å²) in [5, 5.41) is 3.02. The summed E-state index contributed by atoms with van der Waals surface area (Å²) < 4.78 is 0. The number of anilines is 1. The first-order chi connectivity index (χ1) is 7.72. The fraction of sp³-hybridized carbons (Fsp3) is 0.500. The first kappa shape index (κ1) is 10.9. The molecule has 86 valence electrons. The van der Waals surface area contributed by atoms with Gasteiger partial charge in [-0.25, -0.2) is 4.98 Å². The van der Waals surface area contributed by atoms with Crippen molar-refractivity contribution in [3.05, 3.63) is 23.9 Å². The molecule has 1 aromatic rings. The number of amides is 1. The lowest BCUT2D eigenvalue weighted by Gasteiger charge is -2.23. The quantitative estimate of drug-likeness (QED) is 0.825. The van der Waals surface area contributed by atoms with E-state index in [4.69, 9.17) is 0 Å². The average Bonchev–Trinajstić information content (AvgIpc) is 2.78. The summed E-state index contributed by atoms with van der Waals surface area (Å²) in [5.41, 5.74) is 0.986. The third kappa shape index (κ3) is 2.01. The Kier molecular flexibility index (Phi) is 3.08. The van der Waals surface area contributed by atoms with Crippen molar-refractivity contribution in [1.82, 2.24) is 9.88 Å². The van der Waals surface area contributed by atoms with Crippen LogP contribution in [0.1, 0.15) is 31.5 Å². The van der Waals surface area contributed by atoms with Crippen LogP contribution in [0.2, 0.25) is 0 Å². The molecule has 0 aromatic carbocycles. The monoisotopic (exact) mass is 219 g/mol. The van der Waals surface area contributed by atoms with Crippen molar-refractivity contribution in [3.63, 3.8) is 0 Å². The second-order valence-corrected chi connectivity index (χ2v) is 4.07. The van der Waals surface area contributed by atoms with Crippen LogP contribution in [0.3, 0.4) is 0 Å². The van der Waals surface area contributed by atoms with Crippen molar-refractivity contribution in [2.45, 2.75) is 25.8 Å². The van der Waals surface area contributed by atoms with Crippen LogP contribution in [0.25, 0.3) is 0 Å². The van der Waals surface area contributed by atoms with Crippen LogP contribution < -0.4 is 5.32 Å². The Morgan fingerprint density at radius 2 is 2.38 bits per heavy atom. The number of carbonyl (C=O) groups is 1. The maximum atomic E-state index is 11.5. The SMILES string of the molecule is CNc1cccc([C@H]2CCCN2C(C)=O)n1. The van der Waals surface area contributed by atoms with Gasteiger partial charge in [-0.2, -0.15) is 0 Å². The lowest BCUT2D eigenvalue weighted by atomic mass is 10.1. The third-order valence-electron chi connectivity index (χ3n) is 3.03. The molecule has 0 bridgehead atoms. The van der Waals surface area contributed by atoms with Crippen molar-refractivity contribution in [2.75, 3.05) is 18.9 Å². The number of aromatic nitrogens is 1. The molecule has 0 aliphatic carbocycles. The second-order valence-electron chi connectivity index (χ2n) is 4.07. The van der Waals surface area contributed by atoms with E-state index >= 15 is 0 Å². The van der Waals surface area contributed by atoms with Gasteiger partial charge in [0.1, 0.15) is 5.82 Å². The van der Waals surface area contributed by atoms with Gasteiger partial charge in [-0.05, 0) is 25.0 Å². The van der Waals surface area contributed by atoms with E-state index in [1.165, 1.54) is 0 Å². The number of likely N-dealkylation sites (tertiary alicyclic amines) is 1. The topological polar surface area (TPSA) is 45.2 Å². The highest BCUT2D eigenvalue weighted by molar-refractivity contribution is 5.74. The average molecular weight is 219 g/mol. The second kappa shape index (κ2) is 4.51. The summed E-state index contributed by atoms with van der Waals surface area (Å²) in [6.07, 6.45) is 2.08. The number of nitrogens with one attached hydrogen (secondary N) is 1. The van der Waals surface area contributed by atoms with E-state index in [9.17, 15) is 4.79 Å². The van der Waals surface area contributed by atoms with E-state index in [-0.39, 0.29) is 11.9 Å². The minimum absolute atomic E-state index is 0.138. The van der Waals surface area contributed by atoms with Crippen LogP contribution in [0.4, 0.5) is 5.82 Å². The van der Waals surface area contributed by atoms with E-state index in [1.54, 1.807) is 6.92 Å².